The van der Waals surface area contributed by atoms with Crippen molar-refractivity contribution in [2.45, 2.75) is 123 Å². The summed E-state index contributed by atoms with van der Waals surface area (Å²) < 4.78 is 69.5. The van der Waals surface area contributed by atoms with Gasteiger partial charge in [-0.15, -0.1) is 0 Å². The van der Waals surface area contributed by atoms with Gasteiger partial charge in [-0.25, -0.2) is 26.8 Å². The number of esters is 2. The predicted octanol–water partition coefficient (Wildman–Crippen LogP) is 3.77. The predicted molar refractivity (Wildman–Crippen MR) is 226 cm³/mol. The Morgan fingerprint density at radius 1 is 0.661 bits per heavy atom. The van der Waals surface area contributed by atoms with Crippen molar-refractivity contribution in [3.63, 3.8) is 0 Å². The molecule has 0 saturated carbocycles. The van der Waals surface area contributed by atoms with Gasteiger partial charge in [0.2, 0.25) is 20.0 Å². The molecule has 0 aromatic carbocycles. The summed E-state index contributed by atoms with van der Waals surface area (Å²) in [5, 5.41) is 0. The Morgan fingerprint density at radius 3 is 1.49 bits per heavy atom. The normalized spacial score (nSPS) is 18.4. The lowest BCUT2D eigenvalue weighted by molar-refractivity contribution is -0.161. The number of carbonyl (C=O) groups excluding carboxylic acids is 2. The number of hydrogen-bond donors (Lipinski definition) is 0. The second-order valence-electron chi connectivity index (χ2n) is 17.2. The first-order chi connectivity index (χ1) is 27.7. The monoisotopic (exact) mass is 866 g/mol. The second-order valence-corrected chi connectivity index (χ2v) is 21.4. The van der Waals surface area contributed by atoms with Gasteiger partial charge >= 0.3 is 11.9 Å². The summed E-state index contributed by atoms with van der Waals surface area (Å²) in [6.45, 7) is 18.3. The molecule has 0 bridgehead atoms. The summed E-state index contributed by atoms with van der Waals surface area (Å²) in [4.78, 5) is 46.9. The molecule has 0 aliphatic carbocycles. The highest BCUT2D eigenvalue weighted by Gasteiger charge is 2.56. The first kappa shape index (κ1) is 48.1. The number of piperazine rings is 2. The molecule has 17 nitrogen and oxygen atoms in total. The van der Waals surface area contributed by atoms with Crippen LogP contribution in [0.2, 0.25) is 0 Å². The van der Waals surface area contributed by atoms with Gasteiger partial charge in [0, 0.05) is 78.4 Å². The van der Waals surface area contributed by atoms with Crippen LogP contribution in [0.15, 0.2) is 24.8 Å². The maximum Gasteiger partial charge on any atom is 0.329 e. The van der Waals surface area contributed by atoms with Crippen molar-refractivity contribution in [1.29, 1.82) is 0 Å². The first-order valence-corrected chi connectivity index (χ1v) is 23.9. The van der Waals surface area contributed by atoms with E-state index in [1.54, 1.807) is 66.3 Å². The molecular weight excluding hydrogens is 801 g/mol. The minimum atomic E-state index is -3.92. The molecule has 19 heteroatoms. The SMILES string of the molecule is CCCCc1cnc(N2CCN(S(=O)(=O)C3(C(=O)OC(C)(C)C)CCOCC3)CC2)cn1.CCCCc1cnc(N2CCN(S(=O)(=O)CC(=O)OC(C)(C)C)CC2)cn1. The highest BCUT2D eigenvalue weighted by atomic mass is 32.2. The number of unbranched alkanes of at least 4 members (excludes halogenated alkanes) is 2. The average Bonchev–Trinajstić information content (AvgIpc) is 3.18. The number of ether oxygens (including phenoxy) is 3. The minimum Gasteiger partial charge on any atom is -0.459 e. The highest BCUT2D eigenvalue weighted by Crippen LogP contribution is 2.36. The molecule has 3 fully saturated rings. The van der Waals surface area contributed by atoms with Crippen LogP contribution in [0.5, 0.6) is 0 Å². The van der Waals surface area contributed by atoms with Gasteiger partial charge in [-0.2, -0.15) is 8.61 Å². The van der Waals surface area contributed by atoms with Crippen LogP contribution in [-0.4, -0.2) is 145 Å². The summed E-state index contributed by atoms with van der Waals surface area (Å²) in [6, 6.07) is 0. The summed E-state index contributed by atoms with van der Waals surface area (Å²) in [6.07, 6.45) is 13.5. The van der Waals surface area contributed by atoms with E-state index in [4.69, 9.17) is 14.2 Å². The lowest BCUT2D eigenvalue weighted by Gasteiger charge is -2.42. The van der Waals surface area contributed by atoms with Gasteiger partial charge in [0.05, 0.1) is 36.2 Å². The van der Waals surface area contributed by atoms with Crippen LogP contribution < -0.4 is 9.80 Å². The van der Waals surface area contributed by atoms with E-state index in [1.807, 2.05) is 9.80 Å². The van der Waals surface area contributed by atoms with Crippen molar-refractivity contribution in [2.75, 3.05) is 81.1 Å². The molecule has 0 N–H and O–H groups in total. The van der Waals surface area contributed by atoms with Crippen LogP contribution in [0.3, 0.4) is 0 Å². The Bertz CT molecular complexity index is 1860. The van der Waals surface area contributed by atoms with Crippen LogP contribution in [0.1, 0.15) is 105 Å². The summed E-state index contributed by atoms with van der Waals surface area (Å²) in [5.74, 6) is -0.534. The second kappa shape index (κ2) is 20.8. The fourth-order valence-electron chi connectivity index (χ4n) is 6.85. The Labute approximate surface area is 351 Å². The number of rotatable bonds is 14. The van der Waals surface area contributed by atoms with E-state index in [-0.39, 0.29) is 39.1 Å². The summed E-state index contributed by atoms with van der Waals surface area (Å²) >= 11 is 0. The molecule has 5 rings (SSSR count). The molecule has 0 atom stereocenters. The number of hydrogen-bond acceptors (Lipinski definition) is 15. The van der Waals surface area contributed by atoms with Gasteiger partial charge in [0.15, 0.2) is 10.5 Å². The molecule has 0 radical (unpaired) electrons. The third kappa shape index (κ3) is 13.7. The van der Waals surface area contributed by atoms with Crippen LogP contribution >= 0.6 is 0 Å². The van der Waals surface area contributed by atoms with Gasteiger partial charge in [-0.3, -0.25) is 19.6 Å². The van der Waals surface area contributed by atoms with Gasteiger partial charge < -0.3 is 24.0 Å². The van der Waals surface area contributed by atoms with E-state index in [2.05, 4.69) is 33.8 Å². The molecule has 3 aliphatic rings. The Hall–Kier alpha value is -3.52. The molecular formula is C40H66N8O9S2. The number of anilines is 2. The number of aryl methyl sites for hydroxylation is 2. The standard InChI is InChI=1S/C22H36N4O5S.C18H30N4O4S/c1-5-6-7-18-16-24-19(17-23-18)25-10-12-26(13-11-25)32(28,29)22(8-14-30-15-9-22)20(27)31-21(2,3)4;1-5-6-7-15-12-20-16(13-19-15)21-8-10-22(11-9-21)27(24,25)14-17(23)26-18(2,3)4/h16-17H,5-15H2,1-4H3;12-13H,5-11,14H2,1-4H3. The quantitative estimate of drug-likeness (QED) is 0.249. The lowest BCUT2D eigenvalue weighted by Crippen LogP contribution is -2.61. The van der Waals surface area contributed by atoms with Gasteiger partial charge in [-0.05, 0) is 67.2 Å². The van der Waals surface area contributed by atoms with Gasteiger partial charge in [0.25, 0.3) is 0 Å². The maximum atomic E-state index is 13.7. The molecule has 3 aliphatic heterocycles. The molecule has 2 aromatic rings. The van der Waals surface area contributed by atoms with Crippen molar-refractivity contribution in [2.24, 2.45) is 0 Å². The number of sulfonamides is 2. The third-order valence-corrected chi connectivity index (χ3v) is 14.5. The first-order valence-electron chi connectivity index (χ1n) is 20.8. The zero-order valence-corrected chi connectivity index (χ0v) is 37.9. The molecule has 59 heavy (non-hydrogen) atoms. The van der Waals surface area contributed by atoms with Crippen molar-refractivity contribution in [3.8, 4) is 0 Å². The van der Waals surface area contributed by atoms with Crippen molar-refractivity contribution in [3.05, 3.63) is 36.2 Å². The van der Waals surface area contributed by atoms with Crippen molar-refractivity contribution >= 4 is 43.6 Å². The van der Waals surface area contributed by atoms with Crippen LogP contribution in [-0.2, 0) is 56.7 Å². The zero-order valence-electron chi connectivity index (χ0n) is 36.3. The molecule has 5 heterocycles. The number of nitrogens with zero attached hydrogens (tertiary/aromatic N) is 8. The van der Waals surface area contributed by atoms with Crippen LogP contribution in [0, 0.1) is 0 Å². The Balaban J connectivity index is 0.000000265. The Morgan fingerprint density at radius 2 is 1.10 bits per heavy atom. The molecule has 0 spiro atoms. The highest BCUT2D eigenvalue weighted by molar-refractivity contribution is 7.91. The lowest BCUT2D eigenvalue weighted by atomic mass is 9.99. The van der Waals surface area contributed by atoms with E-state index in [1.165, 1.54) is 8.61 Å². The molecule has 332 valence electrons. The van der Waals surface area contributed by atoms with Gasteiger partial charge in [-0.1, -0.05) is 26.7 Å². The van der Waals surface area contributed by atoms with Gasteiger partial charge in [0.1, 0.15) is 22.8 Å². The smallest absolute Gasteiger partial charge is 0.329 e. The van der Waals surface area contributed by atoms with Crippen molar-refractivity contribution in [1.82, 2.24) is 28.5 Å². The molecule has 0 amide bonds. The zero-order chi connectivity index (χ0) is 43.5. The number of carbonyl (C=O) groups is 2. The Kier molecular flexibility index (Phi) is 17.0. The number of aromatic nitrogens is 4. The minimum absolute atomic E-state index is 0.106. The molecule has 3 saturated heterocycles. The fraction of sp³-hybridized carbons (Fsp3) is 0.750. The topological polar surface area (TPSA) is 195 Å². The maximum absolute atomic E-state index is 13.7. The summed E-state index contributed by atoms with van der Waals surface area (Å²) in [5.41, 5.74) is 0.473. The van der Waals surface area contributed by atoms with Crippen LogP contribution in [0.4, 0.5) is 11.6 Å². The summed E-state index contributed by atoms with van der Waals surface area (Å²) in [7, 11) is -7.61. The van der Waals surface area contributed by atoms with Crippen LogP contribution in [0.25, 0.3) is 0 Å². The molecule has 2 aromatic heterocycles. The van der Waals surface area contributed by atoms with E-state index >= 15 is 0 Å². The molecule has 0 unspecified atom stereocenters. The van der Waals surface area contributed by atoms with E-state index < -0.39 is 53.7 Å². The van der Waals surface area contributed by atoms with E-state index in [0.29, 0.717) is 39.3 Å². The van der Waals surface area contributed by atoms with E-state index in [0.717, 1.165) is 61.5 Å². The largest absolute Gasteiger partial charge is 0.459 e. The fourth-order valence-corrected chi connectivity index (χ4v) is 10.2. The van der Waals surface area contributed by atoms with E-state index in [9.17, 15) is 26.4 Å². The third-order valence-electron chi connectivity index (χ3n) is 10.1. The van der Waals surface area contributed by atoms with Crippen molar-refractivity contribution < 1.29 is 40.6 Å². The average molecular weight is 867 g/mol.